The van der Waals surface area contributed by atoms with Gasteiger partial charge in [0, 0.05) is 11.4 Å². The summed E-state index contributed by atoms with van der Waals surface area (Å²) in [6.07, 6.45) is 6.32. The highest BCUT2D eigenvalue weighted by atomic mass is 35.5. The van der Waals surface area contributed by atoms with Crippen molar-refractivity contribution in [2.45, 2.75) is 19.3 Å². The number of phenolic OH excluding ortho intramolecular Hbond substituents is 1. The number of carbonyl (C=O) groups is 2. The Hall–Kier alpha value is -2.01. The Bertz CT molecular complexity index is 557. The number of amides is 2. The van der Waals surface area contributed by atoms with Crippen molar-refractivity contribution in [2.24, 2.45) is 5.92 Å². The predicted molar refractivity (Wildman–Crippen MR) is 75.2 cm³/mol. The van der Waals surface area contributed by atoms with E-state index in [2.05, 4.69) is 10.9 Å². The molecule has 0 spiro atoms. The van der Waals surface area contributed by atoms with Gasteiger partial charge in [0.25, 0.3) is 5.91 Å². The highest BCUT2D eigenvalue weighted by molar-refractivity contribution is 6.31. The monoisotopic (exact) mass is 294 g/mol. The molecule has 0 saturated carbocycles. The van der Waals surface area contributed by atoms with E-state index < -0.39 is 5.91 Å². The Morgan fingerprint density at radius 1 is 1.35 bits per heavy atom. The van der Waals surface area contributed by atoms with Gasteiger partial charge in [-0.05, 0) is 37.0 Å². The molecule has 20 heavy (non-hydrogen) atoms. The van der Waals surface area contributed by atoms with Gasteiger partial charge in [-0.25, -0.2) is 0 Å². The second-order valence-corrected chi connectivity index (χ2v) is 5.07. The van der Waals surface area contributed by atoms with Crippen LogP contribution >= 0.6 is 11.6 Å². The van der Waals surface area contributed by atoms with Crippen molar-refractivity contribution in [3.63, 3.8) is 0 Å². The quantitative estimate of drug-likeness (QED) is 0.590. The Kier molecular flexibility index (Phi) is 4.63. The number of carbonyl (C=O) groups excluding carboxylic acids is 2. The maximum atomic E-state index is 11.8. The number of hydrogen-bond acceptors (Lipinski definition) is 3. The van der Waals surface area contributed by atoms with E-state index in [-0.39, 0.29) is 23.1 Å². The molecule has 0 radical (unpaired) electrons. The molecule has 2 rings (SSSR count). The van der Waals surface area contributed by atoms with Gasteiger partial charge in [0.05, 0.1) is 5.56 Å². The molecule has 0 heterocycles. The zero-order chi connectivity index (χ0) is 14.5. The second kappa shape index (κ2) is 6.43. The summed E-state index contributed by atoms with van der Waals surface area (Å²) in [5.41, 5.74) is 4.60. The minimum Gasteiger partial charge on any atom is -0.507 e. The average Bonchev–Trinajstić information content (AvgIpc) is 2.91. The number of halogens is 1. The summed E-state index contributed by atoms with van der Waals surface area (Å²) in [4.78, 5) is 23.4. The van der Waals surface area contributed by atoms with Crippen LogP contribution < -0.4 is 10.9 Å². The van der Waals surface area contributed by atoms with Crippen LogP contribution in [0.25, 0.3) is 0 Å². The molecular formula is C14H15ClN2O3. The van der Waals surface area contributed by atoms with Crippen LogP contribution in [0.15, 0.2) is 30.4 Å². The number of rotatable bonds is 3. The third kappa shape index (κ3) is 3.74. The molecule has 1 aromatic rings. The normalized spacial score (nSPS) is 16.9. The Labute approximate surface area is 121 Å². The van der Waals surface area contributed by atoms with Crippen molar-refractivity contribution < 1.29 is 14.7 Å². The molecule has 0 saturated heterocycles. The highest BCUT2D eigenvalue weighted by Gasteiger charge is 2.16. The molecule has 0 bridgehead atoms. The molecule has 1 aliphatic carbocycles. The van der Waals surface area contributed by atoms with Crippen LogP contribution in [-0.4, -0.2) is 16.9 Å². The molecule has 0 unspecified atom stereocenters. The van der Waals surface area contributed by atoms with Crippen LogP contribution in [0.2, 0.25) is 5.02 Å². The van der Waals surface area contributed by atoms with Gasteiger partial charge in [-0.1, -0.05) is 23.8 Å². The minimum atomic E-state index is -0.611. The third-order valence-electron chi connectivity index (χ3n) is 3.08. The largest absolute Gasteiger partial charge is 0.507 e. The average molecular weight is 295 g/mol. The van der Waals surface area contributed by atoms with Gasteiger partial charge < -0.3 is 5.11 Å². The number of hydrogen-bond donors (Lipinski definition) is 3. The zero-order valence-corrected chi connectivity index (χ0v) is 11.5. The molecular weight excluding hydrogens is 280 g/mol. The molecule has 1 aromatic carbocycles. The maximum Gasteiger partial charge on any atom is 0.273 e. The number of nitrogens with one attached hydrogen (secondary N) is 2. The molecule has 2 amide bonds. The van der Waals surface area contributed by atoms with E-state index in [9.17, 15) is 14.7 Å². The molecule has 106 valence electrons. The van der Waals surface area contributed by atoms with Crippen molar-refractivity contribution in [3.05, 3.63) is 40.9 Å². The van der Waals surface area contributed by atoms with E-state index in [0.29, 0.717) is 11.4 Å². The van der Waals surface area contributed by atoms with Crippen LogP contribution in [0.5, 0.6) is 5.75 Å². The lowest BCUT2D eigenvalue weighted by molar-refractivity contribution is -0.122. The lowest BCUT2D eigenvalue weighted by atomic mass is 10.1. The zero-order valence-electron chi connectivity index (χ0n) is 10.7. The standard InChI is InChI=1S/C14H15ClN2O3/c15-10-5-6-12(18)11(8-10)14(20)17-16-13(19)7-9-3-1-2-4-9/h1,3,5-6,8-9,18H,2,4,7H2,(H,16,19)(H,17,20)/t9-/m0/s1. The summed E-state index contributed by atoms with van der Waals surface area (Å²) in [5, 5.41) is 9.89. The second-order valence-electron chi connectivity index (χ2n) is 4.63. The van der Waals surface area contributed by atoms with Gasteiger partial charge >= 0.3 is 0 Å². The van der Waals surface area contributed by atoms with E-state index in [1.165, 1.54) is 18.2 Å². The molecule has 0 aliphatic heterocycles. The van der Waals surface area contributed by atoms with Crippen molar-refractivity contribution in [3.8, 4) is 5.75 Å². The molecule has 6 heteroatoms. The number of allylic oxidation sites excluding steroid dienone is 2. The summed E-state index contributed by atoms with van der Waals surface area (Å²) in [5.74, 6) is -0.844. The van der Waals surface area contributed by atoms with E-state index in [4.69, 9.17) is 11.6 Å². The molecule has 1 aliphatic rings. The first-order valence-electron chi connectivity index (χ1n) is 6.30. The SMILES string of the molecule is O=C(C[C@H]1C=CCC1)NNC(=O)c1cc(Cl)ccc1O. The first-order valence-corrected chi connectivity index (χ1v) is 6.68. The summed E-state index contributed by atoms with van der Waals surface area (Å²) in [6, 6.07) is 4.12. The van der Waals surface area contributed by atoms with Crippen molar-refractivity contribution in [1.29, 1.82) is 0 Å². The molecule has 1 atom stereocenters. The summed E-state index contributed by atoms with van der Waals surface area (Å²) >= 11 is 5.75. The van der Waals surface area contributed by atoms with Gasteiger partial charge in [-0.3, -0.25) is 20.4 Å². The third-order valence-corrected chi connectivity index (χ3v) is 3.31. The van der Waals surface area contributed by atoms with E-state index in [1.807, 2.05) is 12.2 Å². The molecule has 3 N–H and O–H groups in total. The van der Waals surface area contributed by atoms with E-state index in [1.54, 1.807) is 0 Å². The fourth-order valence-electron chi connectivity index (χ4n) is 2.04. The minimum absolute atomic E-state index is 0.0126. The Balaban J connectivity index is 1.86. The highest BCUT2D eigenvalue weighted by Crippen LogP contribution is 2.21. The van der Waals surface area contributed by atoms with Crippen molar-refractivity contribution in [1.82, 2.24) is 10.9 Å². The number of phenols is 1. The number of benzene rings is 1. The van der Waals surface area contributed by atoms with Gasteiger partial charge in [0.2, 0.25) is 5.91 Å². The van der Waals surface area contributed by atoms with Crippen LogP contribution in [-0.2, 0) is 4.79 Å². The molecule has 0 aromatic heterocycles. The van der Waals surface area contributed by atoms with Crippen molar-refractivity contribution >= 4 is 23.4 Å². The van der Waals surface area contributed by atoms with E-state index in [0.717, 1.165) is 12.8 Å². The van der Waals surface area contributed by atoms with Gasteiger partial charge in [0.1, 0.15) is 5.75 Å². The fraction of sp³-hybridized carbons (Fsp3) is 0.286. The first-order chi connectivity index (χ1) is 9.56. The van der Waals surface area contributed by atoms with Crippen LogP contribution in [0, 0.1) is 5.92 Å². The molecule has 5 nitrogen and oxygen atoms in total. The summed E-state index contributed by atoms with van der Waals surface area (Å²) in [6.45, 7) is 0. The van der Waals surface area contributed by atoms with Crippen LogP contribution in [0.3, 0.4) is 0 Å². The van der Waals surface area contributed by atoms with Gasteiger partial charge in [-0.2, -0.15) is 0 Å². The van der Waals surface area contributed by atoms with E-state index >= 15 is 0 Å². The lowest BCUT2D eigenvalue weighted by Crippen LogP contribution is -2.42. The van der Waals surface area contributed by atoms with Crippen LogP contribution in [0.4, 0.5) is 0 Å². The lowest BCUT2D eigenvalue weighted by Gasteiger charge is -2.10. The summed E-state index contributed by atoms with van der Waals surface area (Å²) in [7, 11) is 0. The van der Waals surface area contributed by atoms with Crippen LogP contribution in [0.1, 0.15) is 29.6 Å². The Morgan fingerprint density at radius 2 is 2.15 bits per heavy atom. The first kappa shape index (κ1) is 14.4. The summed E-state index contributed by atoms with van der Waals surface area (Å²) < 4.78 is 0. The maximum absolute atomic E-state index is 11.8. The number of aromatic hydroxyl groups is 1. The van der Waals surface area contributed by atoms with Gasteiger partial charge in [0.15, 0.2) is 0 Å². The number of hydrazine groups is 1. The van der Waals surface area contributed by atoms with Crippen molar-refractivity contribution in [2.75, 3.05) is 0 Å². The topological polar surface area (TPSA) is 78.4 Å². The Morgan fingerprint density at radius 3 is 2.85 bits per heavy atom. The predicted octanol–water partition coefficient (Wildman–Crippen LogP) is 2.16. The van der Waals surface area contributed by atoms with Gasteiger partial charge in [-0.15, -0.1) is 0 Å². The fourth-order valence-corrected chi connectivity index (χ4v) is 2.21. The molecule has 0 fully saturated rings. The smallest absolute Gasteiger partial charge is 0.273 e.